The van der Waals surface area contributed by atoms with E-state index in [4.69, 9.17) is 34.8 Å². The fourth-order valence-corrected chi connectivity index (χ4v) is 0.589. The molecule has 0 amide bonds. The summed E-state index contributed by atoms with van der Waals surface area (Å²) in [5.41, 5.74) is 0. The molecule has 0 heterocycles. The number of alkyl halides is 4. The van der Waals surface area contributed by atoms with Crippen LogP contribution >= 0.6 is 46.4 Å². The van der Waals surface area contributed by atoms with E-state index in [0.29, 0.717) is 0 Å². The van der Waals surface area contributed by atoms with Crippen molar-refractivity contribution in [3.8, 4) is 0 Å². The van der Waals surface area contributed by atoms with Gasteiger partial charge in [0.25, 0.3) is 0 Å². The molecule has 0 saturated heterocycles. The zero-order chi connectivity index (χ0) is 10.0. The molecule has 1 rings (SSSR count). The summed E-state index contributed by atoms with van der Waals surface area (Å²) in [5.74, 6) is 0. The maximum atomic E-state index is 5.06. The van der Waals surface area contributed by atoms with Gasteiger partial charge in [-0.25, -0.2) is 0 Å². The monoisotopic (exact) mass is 250 g/mol. The van der Waals surface area contributed by atoms with Crippen LogP contribution in [0.4, 0.5) is 0 Å². The number of hydrogen-bond donors (Lipinski definition) is 0. The molecule has 4 heteroatoms. The van der Waals surface area contributed by atoms with Crippen LogP contribution in [-0.4, -0.2) is 10.2 Å². The van der Waals surface area contributed by atoms with Crippen molar-refractivity contribution >= 4 is 46.4 Å². The van der Waals surface area contributed by atoms with Gasteiger partial charge in [0.05, 0.1) is 0 Å². The molecule has 1 aliphatic rings. The minimum Gasteiger partial charge on any atom is -0.130 e. The van der Waals surface area contributed by atoms with Gasteiger partial charge in [0, 0.05) is 6.38 Å². The van der Waals surface area contributed by atoms with Crippen LogP contribution in [0.5, 0.6) is 0 Å². The quantitative estimate of drug-likeness (QED) is 0.422. The highest BCUT2D eigenvalue weighted by Gasteiger charge is 2.07. The summed E-state index contributed by atoms with van der Waals surface area (Å²) >= 11 is 19.8. The molecule has 0 bridgehead atoms. The van der Waals surface area contributed by atoms with E-state index in [1.807, 2.05) is 0 Å². The third-order valence-electron chi connectivity index (χ3n) is 0.908. The summed E-state index contributed by atoms with van der Waals surface area (Å²) in [5, 5.41) is 0. The normalized spacial score (nSPS) is 14.2. The molecule has 0 aromatic carbocycles. The van der Waals surface area contributed by atoms with Crippen LogP contribution in [0.15, 0.2) is 12.2 Å². The fraction of sp³-hybridized carbons (Fsp3) is 0.750. The minimum absolute atomic E-state index is 1.08. The molecule has 0 aliphatic heterocycles. The van der Waals surface area contributed by atoms with Gasteiger partial charge in [0.1, 0.15) is 0 Å². The Morgan fingerprint density at radius 2 is 1.25 bits per heavy atom. The predicted octanol–water partition coefficient (Wildman–Crippen LogP) is 4.96. The van der Waals surface area contributed by atoms with Gasteiger partial charge in [-0.1, -0.05) is 47.0 Å². The molecule has 0 radical (unpaired) electrons. The van der Waals surface area contributed by atoms with Crippen molar-refractivity contribution in [2.45, 2.75) is 30.0 Å². The summed E-state index contributed by atoms with van der Waals surface area (Å²) < 4.78 is -1.08. The number of halogens is 4. The largest absolute Gasteiger partial charge is 0.187 e. The molecule has 0 spiro atoms. The summed E-state index contributed by atoms with van der Waals surface area (Å²) in [7, 11) is 0. The standard InChI is InChI=1S/C5H8.C2H3Cl3.CH3Cl/c1-2-4-5-3-1;1-2(3,4)5;1-2/h1-2H,3-5H2;1H3;1H3. The molecule has 0 N–H and O–H groups in total. The molecule has 1 aliphatic carbocycles. The molecular weight excluding hydrogens is 238 g/mol. The molecular formula is C8H14Cl4. The zero-order valence-electron chi connectivity index (χ0n) is 7.29. The number of rotatable bonds is 0. The molecule has 0 aromatic heterocycles. The van der Waals surface area contributed by atoms with E-state index >= 15 is 0 Å². The van der Waals surface area contributed by atoms with Crippen LogP contribution in [0.1, 0.15) is 26.2 Å². The summed E-state index contributed by atoms with van der Waals surface area (Å²) in [6, 6.07) is 0. The van der Waals surface area contributed by atoms with Crippen LogP contribution in [0.3, 0.4) is 0 Å². The highest BCUT2D eigenvalue weighted by molar-refractivity contribution is 6.67. The average Bonchev–Trinajstić information content (AvgIpc) is 2.41. The van der Waals surface area contributed by atoms with Crippen LogP contribution in [0, 0.1) is 0 Å². The van der Waals surface area contributed by atoms with Crippen molar-refractivity contribution < 1.29 is 0 Å². The molecule has 12 heavy (non-hydrogen) atoms. The van der Waals surface area contributed by atoms with Crippen molar-refractivity contribution in [3.05, 3.63) is 12.2 Å². The Morgan fingerprint density at radius 1 is 1.00 bits per heavy atom. The maximum absolute atomic E-state index is 5.06. The van der Waals surface area contributed by atoms with Crippen LogP contribution in [-0.2, 0) is 0 Å². The molecule has 0 nitrogen and oxygen atoms in total. The molecule has 0 aromatic rings. The Balaban J connectivity index is 0. The first-order chi connectivity index (χ1) is 5.50. The van der Waals surface area contributed by atoms with E-state index in [1.165, 1.54) is 32.6 Å². The Labute approximate surface area is 94.8 Å². The van der Waals surface area contributed by atoms with Crippen LogP contribution in [0.2, 0.25) is 0 Å². The van der Waals surface area contributed by atoms with Gasteiger partial charge in [-0.2, -0.15) is 0 Å². The predicted molar refractivity (Wildman–Crippen MR) is 60.7 cm³/mol. The molecule has 0 unspecified atom stereocenters. The van der Waals surface area contributed by atoms with E-state index in [9.17, 15) is 0 Å². The van der Waals surface area contributed by atoms with Gasteiger partial charge in [-0.3, -0.25) is 0 Å². The Morgan fingerprint density at radius 3 is 1.33 bits per heavy atom. The van der Waals surface area contributed by atoms with Crippen LogP contribution < -0.4 is 0 Å². The van der Waals surface area contributed by atoms with E-state index in [-0.39, 0.29) is 0 Å². The van der Waals surface area contributed by atoms with Gasteiger partial charge in [-0.05, 0) is 26.2 Å². The second-order valence-corrected chi connectivity index (χ2v) is 5.03. The lowest BCUT2D eigenvalue weighted by atomic mass is 10.4. The van der Waals surface area contributed by atoms with E-state index in [2.05, 4.69) is 23.8 Å². The van der Waals surface area contributed by atoms with Crippen molar-refractivity contribution in [3.63, 3.8) is 0 Å². The van der Waals surface area contributed by atoms with Crippen molar-refractivity contribution in [1.82, 2.24) is 0 Å². The minimum atomic E-state index is -1.08. The SMILES string of the molecule is C1=CCCC1.CC(Cl)(Cl)Cl.CCl. The Hall–Kier alpha value is 0.900. The number of allylic oxidation sites excluding steroid dienone is 2. The summed E-state index contributed by atoms with van der Waals surface area (Å²) in [6.45, 7) is 1.48. The second-order valence-electron chi connectivity index (χ2n) is 2.18. The smallest absolute Gasteiger partial charge is 0.130 e. The molecule has 0 fully saturated rings. The lowest BCUT2D eigenvalue weighted by Gasteiger charge is -1.94. The zero-order valence-corrected chi connectivity index (χ0v) is 10.3. The van der Waals surface area contributed by atoms with Gasteiger partial charge < -0.3 is 0 Å². The molecule has 0 atom stereocenters. The van der Waals surface area contributed by atoms with Crippen molar-refractivity contribution in [2.24, 2.45) is 0 Å². The Kier molecular flexibility index (Phi) is 12.8. The topological polar surface area (TPSA) is 0 Å². The van der Waals surface area contributed by atoms with E-state index < -0.39 is 3.79 Å². The van der Waals surface area contributed by atoms with Gasteiger partial charge in [0.2, 0.25) is 0 Å². The van der Waals surface area contributed by atoms with Crippen molar-refractivity contribution in [2.75, 3.05) is 6.38 Å². The average molecular weight is 252 g/mol. The lowest BCUT2D eigenvalue weighted by molar-refractivity contribution is 0.929. The van der Waals surface area contributed by atoms with Crippen LogP contribution in [0.25, 0.3) is 0 Å². The third-order valence-corrected chi connectivity index (χ3v) is 0.908. The number of hydrogen-bond acceptors (Lipinski definition) is 0. The van der Waals surface area contributed by atoms with Gasteiger partial charge >= 0.3 is 0 Å². The molecule has 74 valence electrons. The first kappa shape index (κ1) is 15.4. The third kappa shape index (κ3) is 30.7. The van der Waals surface area contributed by atoms with Crippen molar-refractivity contribution in [1.29, 1.82) is 0 Å². The highest BCUT2D eigenvalue weighted by Crippen LogP contribution is 2.23. The molecule has 0 saturated carbocycles. The summed E-state index contributed by atoms with van der Waals surface area (Å²) in [4.78, 5) is 0. The second kappa shape index (κ2) is 9.98. The lowest BCUT2D eigenvalue weighted by Crippen LogP contribution is -1.87. The summed E-state index contributed by atoms with van der Waals surface area (Å²) in [6.07, 6.45) is 9.97. The van der Waals surface area contributed by atoms with E-state index in [1.54, 1.807) is 0 Å². The van der Waals surface area contributed by atoms with E-state index in [0.717, 1.165) is 0 Å². The maximum Gasteiger partial charge on any atom is 0.187 e. The first-order valence-corrected chi connectivity index (χ1v) is 5.48. The van der Waals surface area contributed by atoms with Gasteiger partial charge in [-0.15, -0.1) is 11.6 Å². The first-order valence-electron chi connectivity index (χ1n) is 3.59. The fourth-order valence-electron chi connectivity index (χ4n) is 0.589. The Bertz CT molecular complexity index is 92.1. The van der Waals surface area contributed by atoms with Gasteiger partial charge in [0.15, 0.2) is 3.79 Å². The highest BCUT2D eigenvalue weighted by atomic mass is 35.6.